The minimum absolute atomic E-state index is 0.0382. The Morgan fingerprint density at radius 3 is 2.60 bits per heavy atom. The van der Waals surface area contributed by atoms with Crippen LogP contribution in [-0.4, -0.2) is 19.2 Å². The molecule has 0 aromatic carbocycles. The van der Waals surface area contributed by atoms with Crippen molar-refractivity contribution in [2.45, 2.75) is 44.9 Å². The molecule has 0 amide bonds. The van der Waals surface area contributed by atoms with Gasteiger partial charge in [0.05, 0.1) is 12.9 Å². The highest BCUT2D eigenvalue weighted by atomic mass is 16.6. The maximum Gasteiger partial charge on any atom is 0.344 e. The van der Waals surface area contributed by atoms with Gasteiger partial charge in [-0.1, -0.05) is 25.7 Å². The van der Waals surface area contributed by atoms with Crippen molar-refractivity contribution in [1.82, 2.24) is 0 Å². The number of allylic oxidation sites excluding steroid dienone is 1. The van der Waals surface area contributed by atoms with E-state index in [1.807, 2.05) is 6.08 Å². The molecule has 1 aliphatic heterocycles. The zero-order valence-corrected chi connectivity index (χ0v) is 9.24. The summed E-state index contributed by atoms with van der Waals surface area (Å²) in [5.74, 6) is -0.267. The van der Waals surface area contributed by atoms with Gasteiger partial charge in [-0.3, -0.25) is 0 Å². The lowest BCUT2D eigenvalue weighted by Crippen LogP contribution is -2.11. The first-order valence-corrected chi connectivity index (χ1v) is 5.82. The summed E-state index contributed by atoms with van der Waals surface area (Å²) in [5.41, 5.74) is 0. The molecular weight excluding hydrogens is 192 g/mol. The van der Waals surface area contributed by atoms with Crippen molar-refractivity contribution in [1.29, 1.82) is 0 Å². The Bertz CT molecular complexity index is 199. The molecule has 86 valence electrons. The van der Waals surface area contributed by atoms with Gasteiger partial charge >= 0.3 is 5.97 Å². The normalized spacial score (nSPS) is 23.3. The van der Waals surface area contributed by atoms with Gasteiger partial charge in [-0.15, -0.1) is 0 Å². The van der Waals surface area contributed by atoms with Crippen LogP contribution in [0, 0.1) is 0 Å². The largest absolute Gasteiger partial charge is 0.490 e. The zero-order valence-electron chi connectivity index (χ0n) is 9.24. The molecule has 0 spiro atoms. The molecule has 0 saturated heterocycles. The molecule has 0 atom stereocenters. The number of carbonyl (C=O) groups excluding carboxylic acids is 1. The number of ether oxygens (including phenoxy) is 2. The third-order valence-corrected chi connectivity index (χ3v) is 2.42. The van der Waals surface area contributed by atoms with Crippen LogP contribution >= 0.6 is 0 Å². The molecule has 1 rings (SSSR count). The molecule has 1 heterocycles. The molecule has 0 fully saturated rings. The van der Waals surface area contributed by atoms with E-state index in [1.54, 1.807) is 6.26 Å². The van der Waals surface area contributed by atoms with E-state index in [4.69, 9.17) is 9.47 Å². The van der Waals surface area contributed by atoms with Crippen LogP contribution in [0.4, 0.5) is 0 Å². The molecule has 1 aliphatic rings. The molecule has 0 N–H and O–H groups in total. The molecule has 0 bridgehead atoms. The lowest BCUT2D eigenvalue weighted by atomic mass is 10.1. The molecule has 0 aromatic rings. The van der Waals surface area contributed by atoms with Gasteiger partial charge in [0.1, 0.15) is 0 Å². The van der Waals surface area contributed by atoms with Gasteiger partial charge in [-0.05, 0) is 25.3 Å². The van der Waals surface area contributed by atoms with Gasteiger partial charge in [0.25, 0.3) is 0 Å². The Hall–Kier alpha value is -0.990. The first-order chi connectivity index (χ1) is 7.39. The predicted molar refractivity (Wildman–Crippen MR) is 58.4 cm³/mol. The number of cyclic esters (lactones) is 1. The molecule has 0 unspecified atom stereocenters. The van der Waals surface area contributed by atoms with Crippen molar-refractivity contribution >= 4 is 5.97 Å². The fraction of sp³-hybridized carbons (Fsp3) is 0.750. The summed E-state index contributed by atoms with van der Waals surface area (Å²) in [7, 11) is 0. The molecule has 3 nitrogen and oxygen atoms in total. The monoisotopic (exact) mass is 212 g/mol. The highest BCUT2D eigenvalue weighted by Gasteiger charge is 2.01. The summed E-state index contributed by atoms with van der Waals surface area (Å²) in [6, 6.07) is 0. The van der Waals surface area contributed by atoms with E-state index in [0.717, 1.165) is 19.3 Å². The average Bonchev–Trinajstić information content (AvgIpc) is 2.24. The first kappa shape index (κ1) is 12.1. The summed E-state index contributed by atoms with van der Waals surface area (Å²) >= 11 is 0. The van der Waals surface area contributed by atoms with E-state index < -0.39 is 0 Å². The second-order valence-corrected chi connectivity index (χ2v) is 3.81. The van der Waals surface area contributed by atoms with Gasteiger partial charge in [-0.2, -0.15) is 0 Å². The number of esters is 1. The Labute approximate surface area is 91.4 Å². The smallest absolute Gasteiger partial charge is 0.344 e. The molecule has 15 heavy (non-hydrogen) atoms. The number of hydrogen-bond donors (Lipinski definition) is 0. The van der Waals surface area contributed by atoms with Crippen molar-refractivity contribution in [2.75, 3.05) is 13.2 Å². The number of carbonyl (C=O) groups is 1. The second-order valence-electron chi connectivity index (χ2n) is 3.81. The van der Waals surface area contributed by atoms with Gasteiger partial charge in [0.2, 0.25) is 0 Å². The lowest BCUT2D eigenvalue weighted by molar-refractivity contribution is -0.147. The minimum atomic E-state index is -0.267. The van der Waals surface area contributed by atoms with E-state index in [1.165, 1.54) is 25.7 Å². The van der Waals surface area contributed by atoms with Crippen molar-refractivity contribution < 1.29 is 14.3 Å². The second kappa shape index (κ2) is 8.33. The SMILES string of the molecule is O=C1CO/C=C\CCCCCCCCO1. The van der Waals surface area contributed by atoms with E-state index >= 15 is 0 Å². The van der Waals surface area contributed by atoms with E-state index in [-0.39, 0.29) is 12.6 Å². The fourth-order valence-electron chi connectivity index (χ4n) is 1.55. The van der Waals surface area contributed by atoms with E-state index in [9.17, 15) is 4.79 Å². The van der Waals surface area contributed by atoms with Crippen molar-refractivity contribution in [3.05, 3.63) is 12.3 Å². The van der Waals surface area contributed by atoms with Crippen molar-refractivity contribution in [3.8, 4) is 0 Å². The minimum Gasteiger partial charge on any atom is -0.490 e. The maximum absolute atomic E-state index is 11.1. The molecule has 3 heteroatoms. The van der Waals surface area contributed by atoms with Gasteiger partial charge in [0.15, 0.2) is 6.61 Å². The fourth-order valence-corrected chi connectivity index (χ4v) is 1.55. The molecule has 0 aromatic heterocycles. The first-order valence-electron chi connectivity index (χ1n) is 5.82. The van der Waals surface area contributed by atoms with Crippen LogP contribution in [-0.2, 0) is 14.3 Å². The Kier molecular flexibility index (Phi) is 6.71. The van der Waals surface area contributed by atoms with Gasteiger partial charge in [-0.25, -0.2) is 4.79 Å². The van der Waals surface area contributed by atoms with Crippen LogP contribution in [0.3, 0.4) is 0 Å². The van der Waals surface area contributed by atoms with Gasteiger partial charge < -0.3 is 9.47 Å². The van der Waals surface area contributed by atoms with Gasteiger partial charge in [0, 0.05) is 0 Å². The summed E-state index contributed by atoms with van der Waals surface area (Å²) in [6.45, 7) is 0.572. The zero-order chi connectivity index (χ0) is 10.8. The van der Waals surface area contributed by atoms with Crippen LogP contribution in [0.25, 0.3) is 0 Å². The highest BCUT2D eigenvalue weighted by Crippen LogP contribution is 2.08. The maximum atomic E-state index is 11.1. The van der Waals surface area contributed by atoms with Crippen LogP contribution in [0.1, 0.15) is 44.9 Å². The van der Waals surface area contributed by atoms with E-state index in [2.05, 4.69) is 0 Å². The third-order valence-electron chi connectivity index (χ3n) is 2.42. The number of rotatable bonds is 0. The Morgan fingerprint density at radius 2 is 1.73 bits per heavy atom. The summed E-state index contributed by atoms with van der Waals surface area (Å²) < 4.78 is 10.0. The summed E-state index contributed by atoms with van der Waals surface area (Å²) in [5, 5.41) is 0. The molecule has 0 radical (unpaired) electrons. The Balaban J connectivity index is 2.22. The lowest BCUT2D eigenvalue weighted by Gasteiger charge is -2.05. The highest BCUT2D eigenvalue weighted by molar-refractivity contribution is 5.70. The molecule has 0 aliphatic carbocycles. The average molecular weight is 212 g/mol. The predicted octanol–water partition coefficient (Wildman–Crippen LogP) is 2.80. The van der Waals surface area contributed by atoms with Crippen LogP contribution in [0.2, 0.25) is 0 Å². The summed E-state index contributed by atoms with van der Waals surface area (Å²) in [6.07, 6.45) is 11.8. The molecule has 0 saturated carbocycles. The van der Waals surface area contributed by atoms with Crippen molar-refractivity contribution in [2.24, 2.45) is 0 Å². The van der Waals surface area contributed by atoms with E-state index in [0.29, 0.717) is 6.61 Å². The number of hydrogen-bond acceptors (Lipinski definition) is 3. The summed E-state index contributed by atoms with van der Waals surface area (Å²) in [4.78, 5) is 11.1. The standard InChI is InChI=1S/C12H20O3/c13-12-11-14-9-7-5-3-1-2-4-6-8-10-15-12/h7,9H,1-6,8,10-11H2/b9-7-. The Morgan fingerprint density at radius 1 is 1.00 bits per heavy atom. The van der Waals surface area contributed by atoms with Crippen LogP contribution in [0.5, 0.6) is 0 Å². The van der Waals surface area contributed by atoms with Crippen LogP contribution in [0.15, 0.2) is 12.3 Å². The molecular formula is C12H20O3. The third kappa shape index (κ3) is 7.00. The van der Waals surface area contributed by atoms with Crippen LogP contribution < -0.4 is 0 Å². The van der Waals surface area contributed by atoms with Crippen molar-refractivity contribution in [3.63, 3.8) is 0 Å². The quantitative estimate of drug-likeness (QED) is 0.579. The topological polar surface area (TPSA) is 35.5 Å².